The number of rotatable bonds is 8. The van der Waals surface area contributed by atoms with E-state index in [0.717, 1.165) is 25.7 Å². The molecule has 9 nitrogen and oxygen atoms in total. The number of fused-ring (bicyclic) bond motifs is 1. The molecule has 3 N–H and O–H groups in total. The highest BCUT2D eigenvalue weighted by Crippen LogP contribution is 2.23. The van der Waals surface area contributed by atoms with E-state index in [1.807, 2.05) is 0 Å². The van der Waals surface area contributed by atoms with Gasteiger partial charge in [0.1, 0.15) is 0 Å². The molecule has 1 saturated carbocycles. The molecule has 0 spiro atoms. The van der Waals surface area contributed by atoms with Gasteiger partial charge in [-0.05, 0) is 12.8 Å². The number of aromatic nitrogens is 4. The van der Waals surface area contributed by atoms with Crippen LogP contribution in [0.15, 0.2) is 22.2 Å². The van der Waals surface area contributed by atoms with Gasteiger partial charge in [0.2, 0.25) is 5.95 Å². The van der Waals surface area contributed by atoms with E-state index >= 15 is 0 Å². The maximum absolute atomic E-state index is 12.4. The highest BCUT2D eigenvalue weighted by atomic mass is 16.5. The molecule has 2 heterocycles. The molecule has 2 aromatic rings. The zero-order chi connectivity index (χ0) is 19.4. The van der Waals surface area contributed by atoms with Crippen LogP contribution in [0.4, 0.5) is 5.95 Å². The first kappa shape index (κ1) is 19.4. The Balaban J connectivity index is 1.97. The largest absolute Gasteiger partial charge is 0.389 e. The number of hydrogen-bond acceptors (Lipinski definition) is 6. The lowest BCUT2D eigenvalue weighted by Crippen LogP contribution is -2.31. The number of aliphatic hydroxyl groups is 1. The highest BCUT2D eigenvalue weighted by molar-refractivity contribution is 5.74. The van der Waals surface area contributed by atoms with E-state index in [4.69, 9.17) is 4.74 Å². The molecule has 1 aliphatic carbocycles. The van der Waals surface area contributed by atoms with Gasteiger partial charge in [-0.1, -0.05) is 25.3 Å². The molecule has 0 bridgehead atoms. The normalized spacial score (nSPS) is 16.5. The molecule has 0 radical (unpaired) electrons. The molecular weight excluding hydrogens is 350 g/mol. The van der Waals surface area contributed by atoms with Crippen LogP contribution in [-0.4, -0.2) is 49.6 Å². The Morgan fingerprint density at radius 1 is 1.41 bits per heavy atom. The molecule has 148 valence electrons. The lowest BCUT2D eigenvalue weighted by Gasteiger charge is -2.24. The lowest BCUT2D eigenvalue weighted by molar-refractivity contribution is 0.0405. The standard InChI is InChI=1S/C18H27N5O4/c1-3-9-27-11-13(24)10-23-14-15(22(2)18(26)21-16(14)25)20-17(23)19-12-7-5-4-6-8-12/h3,12-13,24H,1,4-11H2,2H3,(H,19,20)(H,21,25,26)/t13-/m0/s1. The minimum Gasteiger partial charge on any atom is -0.389 e. The molecule has 0 aliphatic heterocycles. The number of aliphatic hydroxyl groups excluding tert-OH is 1. The number of nitrogens with one attached hydrogen (secondary N) is 2. The van der Waals surface area contributed by atoms with Crippen LogP contribution in [-0.2, 0) is 18.3 Å². The van der Waals surface area contributed by atoms with Crippen LogP contribution in [0, 0.1) is 0 Å². The van der Waals surface area contributed by atoms with Crippen LogP contribution < -0.4 is 16.6 Å². The van der Waals surface area contributed by atoms with Crippen molar-refractivity contribution in [2.24, 2.45) is 7.05 Å². The van der Waals surface area contributed by atoms with Crippen molar-refractivity contribution in [1.29, 1.82) is 0 Å². The fourth-order valence-corrected chi connectivity index (χ4v) is 3.50. The molecule has 9 heteroatoms. The number of hydrogen-bond donors (Lipinski definition) is 3. The summed E-state index contributed by atoms with van der Waals surface area (Å²) < 4.78 is 8.25. The summed E-state index contributed by atoms with van der Waals surface area (Å²) in [6, 6.07) is 0.264. The van der Waals surface area contributed by atoms with Gasteiger partial charge < -0.3 is 19.7 Å². The number of anilines is 1. The fraction of sp³-hybridized carbons (Fsp3) is 0.611. The van der Waals surface area contributed by atoms with E-state index < -0.39 is 17.4 Å². The zero-order valence-corrected chi connectivity index (χ0v) is 15.6. The summed E-state index contributed by atoms with van der Waals surface area (Å²) >= 11 is 0. The average molecular weight is 377 g/mol. The first-order valence-electron chi connectivity index (χ1n) is 9.34. The van der Waals surface area contributed by atoms with Crippen LogP contribution in [0.1, 0.15) is 32.1 Å². The molecule has 0 aromatic carbocycles. The summed E-state index contributed by atoms with van der Waals surface area (Å²) in [6.07, 6.45) is 6.36. The van der Waals surface area contributed by atoms with Crippen molar-refractivity contribution in [2.75, 3.05) is 18.5 Å². The van der Waals surface area contributed by atoms with Crippen LogP contribution in [0.25, 0.3) is 11.2 Å². The Morgan fingerprint density at radius 3 is 2.85 bits per heavy atom. The Bertz CT molecular complexity index is 907. The second-order valence-corrected chi connectivity index (χ2v) is 7.00. The predicted octanol–water partition coefficient (Wildman–Crippen LogP) is 0.731. The van der Waals surface area contributed by atoms with Crippen molar-refractivity contribution in [1.82, 2.24) is 19.1 Å². The number of ether oxygens (including phenoxy) is 1. The Hall–Kier alpha value is -2.39. The smallest absolute Gasteiger partial charge is 0.329 e. The third-order valence-corrected chi connectivity index (χ3v) is 4.88. The van der Waals surface area contributed by atoms with Gasteiger partial charge in [0.15, 0.2) is 11.2 Å². The summed E-state index contributed by atoms with van der Waals surface area (Å²) in [5.74, 6) is 0.492. The van der Waals surface area contributed by atoms with Crippen molar-refractivity contribution in [3.05, 3.63) is 33.5 Å². The summed E-state index contributed by atoms with van der Waals surface area (Å²) in [5, 5.41) is 13.7. The van der Waals surface area contributed by atoms with Gasteiger partial charge >= 0.3 is 5.69 Å². The number of H-pyrrole nitrogens is 1. The molecule has 1 aliphatic rings. The number of nitrogens with zero attached hydrogens (tertiary/aromatic N) is 3. The highest BCUT2D eigenvalue weighted by Gasteiger charge is 2.22. The van der Waals surface area contributed by atoms with Gasteiger partial charge in [0.05, 0.1) is 25.9 Å². The van der Waals surface area contributed by atoms with Gasteiger partial charge in [-0.25, -0.2) is 4.79 Å². The second-order valence-electron chi connectivity index (χ2n) is 7.00. The third-order valence-electron chi connectivity index (χ3n) is 4.88. The van der Waals surface area contributed by atoms with Crippen LogP contribution >= 0.6 is 0 Å². The van der Waals surface area contributed by atoms with E-state index in [0.29, 0.717) is 18.2 Å². The van der Waals surface area contributed by atoms with E-state index in [1.165, 1.54) is 11.0 Å². The van der Waals surface area contributed by atoms with Gasteiger partial charge in [-0.2, -0.15) is 4.98 Å². The minimum atomic E-state index is -0.828. The quantitative estimate of drug-likeness (QED) is 0.462. The van der Waals surface area contributed by atoms with Gasteiger partial charge in [-0.3, -0.25) is 14.3 Å². The second kappa shape index (κ2) is 8.53. The van der Waals surface area contributed by atoms with Crippen molar-refractivity contribution in [2.45, 2.75) is 50.8 Å². The zero-order valence-electron chi connectivity index (χ0n) is 15.6. The van der Waals surface area contributed by atoms with Gasteiger partial charge in [-0.15, -0.1) is 6.58 Å². The van der Waals surface area contributed by atoms with Gasteiger partial charge in [0.25, 0.3) is 5.56 Å². The van der Waals surface area contributed by atoms with Crippen molar-refractivity contribution < 1.29 is 9.84 Å². The summed E-state index contributed by atoms with van der Waals surface area (Å²) in [4.78, 5) is 31.2. The molecular formula is C18H27N5O4. The molecule has 27 heavy (non-hydrogen) atoms. The Morgan fingerprint density at radius 2 is 2.15 bits per heavy atom. The van der Waals surface area contributed by atoms with Crippen molar-refractivity contribution in [3.8, 4) is 0 Å². The molecule has 2 aromatic heterocycles. The average Bonchev–Trinajstić information content (AvgIpc) is 2.99. The Kier molecular flexibility index (Phi) is 6.12. The Labute approximate surface area is 156 Å². The van der Waals surface area contributed by atoms with E-state index in [-0.39, 0.29) is 24.7 Å². The van der Waals surface area contributed by atoms with Gasteiger partial charge in [0, 0.05) is 13.1 Å². The minimum absolute atomic E-state index is 0.109. The van der Waals surface area contributed by atoms with Crippen LogP contribution in [0.2, 0.25) is 0 Å². The topological polar surface area (TPSA) is 114 Å². The third kappa shape index (κ3) is 4.30. The van der Waals surface area contributed by atoms with Crippen LogP contribution in [0.3, 0.4) is 0 Å². The summed E-state index contributed by atoms with van der Waals surface area (Å²) in [7, 11) is 1.56. The van der Waals surface area contributed by atoms with Crippen molar-refractivity contribution >= 4 is 17.1 Å². The molecule has 0 saturated heterocycles. The van der Waals surface area contributed by atoms with Crippen molar-refractivity contribution in [3.63, 3.8) is 0 Å². The van der Waals surface area contributed by atoms with Crippen LogP contribution in [0.5, 0.6) is 0 Å². The monoisotopic (exact) mass is 377 g/mol. The SMILES string of the molecule is C=CCOC[C@@H](O)Cn1c(NC2CCCCC2)nc2c1c(=O)[nH]c(=O)n2C. The maximum atomic E-state index is 12.4. The summed E-state index contributed by atoms with van der Waals surface area (Å²) in [6.45, 7) is 4.15. The first-order valence-corrected chi connectivity index (χ1v) is 9.34. The maximum Gasteiger partial charge on any atom is 0.329 e. The van der Waals surface area contributed by atoms with E-state index in [9.17, 15) is 14.7 Å². The molecule has 0 amide bonds. The number of aryl methyl sites for hydroxylation is 1. The number of imidazole rings is 1. The molecule has 1 atom stereocenters. The number of aromatic amines is 1. The van der Waals surface area contributed by atoms with E-state index in [1.54, 1.807) is 17.7 Å². The lowest BCUT2D eigenvalue weighted by atomic mass is 9.96. The molecule has 0 unspecified atom stereocenters. The fourth-order valence-electron chi connectivity index (χ4n) is 3.50. The predicted molar refractivity (Wildman–Crippen MR) is 103 cm³/mol. The molecule has 3 rings (SSSR count). The van der Waals surface area contributed by atoms with E-state index in [2.05, 4.69) is 21.9 Å². The first-order chi connectivity index (χ1) is 13.0. The summed E-state index contributed by atoms with van der Waals surface area (Å²) in [5.41, 5.74) is -0.479. The molecule has 1 fully saturated rings.